The fraction of sp³-hybridized carbons (Fsp3) is 0.176. The van der Waals surface area contributed by atoms with Gasteiger partial charge in [0.1, 0.15) is 12.0 Å². The molecule has 0 aliphatic rings. The molecule has 4 heterocycles. The van der Waals surface area contributed by atoms with Gasteiger partial charge in [0.15, 0.2) is 5.16 Å². The van der Waals surface area contributed by atoms with Gasteiger partial charge in [-0.2, -0.15) is 0 Å². The predicted molar refractivity (Wildman–Crippen MR) is 99.1 cm³/mol. The first-order valence-electron chi connectivity index (χ1n) is 7.80. The average Bonchev–Trinajstić information content (AvgIpc) is 3.30. The van der Waals surface area contributed by atoms with E-state index in [-0.39, 0.29) is 5.56 Å². The van der Waals surface area contributed by atoms with Crippen LogP contribution < -0.4 is 5.56 Å². The van der Waals surface area contributed by atoms with Crippen molar-refractivity contribution in [3.05, 3.63) is 75.2 Å². The fourth-order valence-corrected chi connectivity index (χ4v) is 4.04. The number of fused-ring (bicyclic) bond motifs is 1. The van der Waals surface area contributed by atoms with E-state index in [1.807, 2.05) is 22.8 Å². The van der Waals surface area contributed by atoms with Crippen molar-refractivity contribution in [2.75, 3.05) is 0 Å². The highest BCUT2D eigenvalue weighted by molar-refractivity contribution is 7.98. The number of aromatic nitrogens is 5. The van der Waals surface area contributed by atoms with Crippen molar-refractivity contribution >= 4 is 28.7 Å². The Hall–Kier alpha value is -2.45. The van der Waals surface area contributed by atoms with Crippen molar-refractivity contribution in [2.24, 2.45) is 0 Å². The normalized spacial score (nSPS) is 11.2. The Morgan fingerprint density at radius 2 is 2.16 bits per heavy atom. The molecule has 0 aliphatic carbocycles. The van der Waals surface area contributed by atoms with Crippen LogP contribution in [0.25, 0.3) is 5.65 Å². The summed E-state index contributed by atoms with van der Waals surface area (Å²) in [5.41, 5.74) is 1.33. The molecule has 0 radical (unpaired) electrons. The molecule has 0 amide bonds. The molecular weight excluding hydrogens is 354 g/mol. The highest BCUT2D eigenvalue weighted by Crippen LogP contribution is 2.20. The lowest BCUT2D eigenvalue weighted by Gasteiger charge is -2.06. The van der Waals surface area contributed by atoms with E-state index in [0.29, 0.717) is 11.4 Å². The van der Waals surface area contributed by atoms with E-state index in [4.69, 9.17) is 0 Å². The molecule has 25 heavy (non-hydrogen) atoms. The van der Waals surface area contributed by atoms with Crippen molar-refractivity contribution in [1.29, 1.82) is 0 Å². The molecule has 4 aromatic rings. The molecule has 4 aromatic heterocycles. The van der Waals surface area contributed by atoms with Gasteiger partial charge in [-0.1, -0.05) is 23.9 Å². The van der Waals surface area contributed by atoms with Crippen LogP contribution in [0.5, 0.6) is 0 Å². The van der Waals surface area contributed by atoms with Gasteiger partial charge in [0.25, 0.3) is 5.56 Å². The molecule has 126 valence electrons. The zero-order valence-corrected chi connectivity index (χ0v) is 14.9. The van der Waals surface area contributed by atoms with Gasteiger partial charge in [-0.05, 0) is 30.0 Å². The van der Waals surface area contributed by atoms with Crippen LogP contribution in [-0.4, -0.2) is 24.1 Å². The molecule has 0 aromatic carbocycles. The molecule has 4 rings (SSSR count). The Labute approximate surface area is 152 Å². The first-order valence-corrected chi connectivity index (χ1v) is 9.66. The molecule has 0 aliphatic heterocycles. The summed E-state index contributed by atoms with van der Waals surface area (Å²) in [4.78, 5) is 18.0. The zero-order valence-electron chi connectivity index (χ0n) is 13.3. The molecule has 0 atom stereocenters. The summed E-state index contributed by atoms with van der Waals surface area (Å²) >= 11 is 3.30. The van der Waals surface area contributed by atoms with E-state index in [1.165, 1.54) is 9.28 Å². The number of rotatable bonds is 6. The molecule has 0 unspecified atom stereocenters. The van der Waals surface area contributed by atoms with Gasteiger partial charge in [0.05, 0.1) is 5.69 Å². The Balaban J connectivity index is 1.47. The molecule has 0 bridgehead atoms. The molecule has 0 saturated heterocycles. The monoisotopic (exact) mass is 369 g/mol. The highest BCUT2D eigenvalue weighted by Gasteiger charge is 2.08. The van der Waals surface area contributed by atoms with E-state index in [2.05, 4.69) is 32.7 Å². The molecule has 0 N–H and O–H groups in total. The van der Waals surface area contributed by atoms with Crippen LogP contribution in [0.15, 0.2) is 64.3 Å². The van der Waals surface area contributed by atoms with Gasteiger partial charge in [-0.25, -0.2) is 4.98 Å². The van der Waals surface area contributed by atoms with Crippen molar-refractivity contribution in [3.63, 3.8) is 0 Å². The lowest BCUT2D eigenvalue weighted by molar-refractivity contribution is 0.637. The van der Waals surface area contributed by atoms with Crippen LogP contribution in [-0.2, 0) is 18.7 Å². The lowest BCUT2D eigenvalue weighted by Crippen LogP contribution is -2.14. The maximum absolute atomic E-state index is 12.1. The minimum absolute atomic E-state index is 0.0691. The lowest BCUT2D eigenvalue weighted by atomic mass is 10.3. The quantitative estimate of drug-likeness (QED) is 0.489. The smallest absolute Gasteiger partial charge is 0.258 e. The van der Waals surface area contributed by atoms with Crippen LogP contribution in [0.2, 0.25) is 0 Å². The Morgan fingerprint density at radius 3 is 3.04 bits per heavy atom. The average molecular weight is 369 g/mol. The summed E-state index contributed by atoms with van der Waals surface area (Å²) in [5, 5.41) is 11.1. The molecule has 0 spiro atoms. The fourth-order valence-electron chi connectivity index (χ4n) is 2.51. The Morgan fingerprint density at radius 1 is 1.20 bits per heavy atom. The van der Waals surface area contributed by atoms with Crippen LogP contribution >= 0.6 is 23.1 Å². The summed E-state index contributed by atoms with van der Waals surface area (Å²) in [6.45, 7) is 0.837. The number of hydrogen-bond donors (Lipinski definition) is 0. The molecule has 0 fully saturated rings. The molecule has 0 saturated carbocycles. The third kappa shape index (κ3) is 3.64. The largest absolute Gasteiger partial charge is 0.308 e. The van der Waals surface area contributed by atoms with E-state index >= 15 is 0 Å². The number of aryl methyl sites for hydroxylation is 2. The van der Waals surface area contributed by atoms with Gasteiger partial charge < -0.3 is 4.57 Å². The SMILES string of the molecule is O=c1cc(CSc2nncn2CCc2cccs2)nc2ccccn12. The second-order valence-corrected chi connectivity index (χ2v) is 7.41. The summed E-state index contributed by atoms with van der Waals surface area (Å²) in [6, 6.07) is 11.3. The summed E-state index contributed by atoms with van der Waals surface area (Å²) in [7, 11) is 0. The standard InChI is InChI=1S/C17H15N5OS2/c23-16-10-13(19-15-5-1-2-7-22(15)16)11-25-17-20-18-12-21(17)8-6-14-4-3-9-24-14/h1-5,7,9-10,12H,6,8,11H2. The maximum Gasteiger partial charge on any atom is 0.258 e. The van der Waals surface area contributed by atoms with Crippen LogP contribution in [0.4, 0.5) is 0 Å². The first kappa shape index (κ1) is 16.0. The number of hydrogen-bond acceptors (Lipinski definition) is 6. The van der Waals surface area contributed by atoms with Crippen LogP contribution in [0.3, 0.4) is 0 Å². The number of nitrogens with zero attached hydrogens (tertiary/aromatic N) is 5. The molecule has 8 heteroatoms. The van der Waals surface area contributed by atoms with Crippen molar-refractivity contribution in [1.82, 2.24) is 24.1 Å². The van der Waals surface area contributed by atoms with Gasteiger partial charge in [0.2, 0.25) is 0 Å². The van der Waals surface area contributed by atoms with E-state index < -0.39 is 0 Å². The second kappa shape index (κ2) is 7.20. The Bertz CT molecular complexity index is 1040. The predicted octanol–water partition coefficient (Wildman–Crippen LogP) is 2.88. The van der Waals surface area contributed by atoms with E-state index in [0.717, 1.165) is 23.8 Å². The van der Waals surface area contributed by atoms with E-state index in [1.54, 1.807) is 41.7 Å². The van der Waals surface area contributed by atoms with Crippen LogP contribution in [0, 0.1) is 0 Å². The number of thiophene rings is 1. The van der Waals surface area contributed by atoms with Gasteiger partial charge in [-0.15, -0.1) is 21.5 Å². The summed E-state index contributed by atoms with van der Waals surface area (Å²) in [6.07, 6.45) is 4.43. The zero-order chi connectivity index (χ0) is 17.1. The summed E-state index contributed by atoms with van der Waals surface area (Å²) in [5.74, 6) is 0.582. The second-order valence-electron chi connectivity index (χ2n) is 5.44. The number of thioether (sulfide) groups is 1. The highest BCUT2D eigenvalue weighted by atomic mass is 32.2. The third-order valence-corrected chi connectivity index (χ3v) is 5.68. The molecular formula is C17H15N5OS2. The summed E-state index contributed by atoms with van der Waals surface area (Å²) < 4.78 is 3.58. The van der Waals surface area contributed by atoms with E-state index in [9.17, 15) is 4.79 Å². The van der Waals surface area contributed by atoms with Crippen LogP contribution in [0.1, 0.15) is 10.6 Å². The minimum Gasteiger partial charge on any atom is -0.308 e. The van der Waals surface area contributed by atoms with Crippen molar-refractivity contribution in [2.45, 2.75) is 23.9 Å². The molecule has 6 nitrogen and oxygen atoms in total. The maximum atomic E-state index is 12.1. The van der Waals surface area contributed by atoms with Crippen molar-refractivity contribution < 1.29 is 0 Å². The van der Waals surface area contributed by atoms with Crippen molar-refractivity contribution in [3.8, 4) is 0 Å². The van der Waals surface area contributed by atoms with Gasteiger partial charge in [-0.3, -0.25) is 9.20 Å². The van der Waals surface area contributed by atoms with Gasteiger partial charge >= 0.3 is 0 Å². The first-order chi connectivity index (χ1) is 12.3. The van der Waals surface area contributed by atoms with Gasteiger partial charge in [0, 0.05) is 29.4 Å². The minimum atomic E-state index is -0.0691. The topological polar surface area (TPSA) is 65.1 Å². The number of pyridine rings is 1. The third-order valence-electron chi connectivity index (χ3n) is 3.73. The Kier molecular flexibility index (Phi) is 4.62.